The number of hydrogen-bond donors (Lipinski definition) is 1. The highest BCUT2D eigenvalue weighted by Crippen LogP contribution is 2.18. The third-order valence-corrected chi connectivity index (χ3v) is 2.30. The van der Waals surface area contributed by atoms with Gasteiger partial charge in [-0.1, -0.05) is 11.8 Å². The summed E-state index contributed by atoms with van der Waals surface area (Å²) in [6.45, 7) is 4.08. The minimum Gasteiger partial charge on any atom is -0.367 e. The predicted octanol–water partition coefficient (Wildman–Crippen LogP) is 2.56. The van der Waals surface area contributed by atoms with Crippen LogP contribution in [0, 0.1) is 11.3 Å². The minimum atomic E-state index is 0.291. The first-order valence-corrected chi connectivity index (χ1v) is 6.13. The molecule has 0 amide bonds. The van der Waals surface area contributed by atoms with Crippen LogP contribution in [0.2, 0.25) is 0 Å². The molecule has 84 valence electrons. The smallest absolute Gasteiger partial charge is 0.189 e. The van der Waals surface area contributed by atoms with E-state index < -0.39 is 0 Å². The van der Waals surface area contributed by atoms with Crippen molar-refractivity contribution in [2.45, 2.75) is 25.0 Å². The van der Waals surface area contributed by atoms with Crippen molar-refractivity contribution in [3.63, 3.8) is 0 Å². The molecule has 0 fully saturated rings. The Bertz CT molecular complexity index is 420. The van der Waals surface area contributed by atoms with Crippen LogP contribution in [0.3, 0.4) is 0 Å². The second-order valence-corrected chi connectivity index (χ2v) is 4.20. The summed E-state index contributed by atoms with van der Waals surface area (Å²) in [5.41, 5.74) is 0.827. The second kappa shape index (κ2) is 6.13. The van der Waals surface area contributed by atoms with E-state index in [1.807, 2.05) is 26.2 Å². The lowest BCUT2D eigenvalue weighted by molar-refractivity contribution is 0.866. The monoisotopic (exact) mass is 234 g/mol. The third-order valence-electron chi connectivity index (χ3n) is 1.74. The summed E-state index contributed by atoms with van der Waals surface area (Å²) < 4.78 is 0. The van der Waals surface area contributed by atoms with Gasteiger partial charge in [0.2, 0.25) is 0 Å². The molecule has 0 saturated heterocycles. The van der Waals surface area contributed by atoms with E-state index in [2.05, 4.69) is 15.3 Å². The normalized spacial score (nSPS) is 10.7. The molecule has 1 rings (SSSR count). The fourth-order valence-electron chi connectivity index (χ4n) is 1.11. The van der Waals surface area contributed by atoms with Crippen LogP contribution in [0.15, 0.2) is 17.4 Å². The van der Waals surface area contributed by atoms with Gasteiger partial charge in [-0.3, -0.25) is 0 Å². The number of nitrogens with zero attached hydrogens (tertiary/aromatic N) is 3. The number of allylic oxidation sites excluding steroid dienone is 1. The summed E-state index contributed by atoms with van der Waals surface area (Å²) in [5, 5.41) is 12.5. The van der Waals surface area contributed by atoms with Crippen LogP contribution in [0.5, 0.6) is 0 Å². The molecule has 0 unspecified atom stereocenters. The van der Waals surface area contributed by atoms with Crippen LogP contribution in [0.25, 0.3) is 6.08 Å². The van der Waals surface area contributed by atoms with Crippen molar-refractivity contribution < 1.29 is 0 Å². The summed E-state index contributed by atoms with van der Waals surface area (Å²) in [7, 11) is 0. The molecular weight excluding hydrogens is 220 g/mol. The summed E-state index contributed by atoms with van der Waals surface area (Å²) in [5.74, 6) is 0.765. The lowest BCUT2D eigenvalue weighted by Gasteiger charge is -2.11. The minimum absolute atomic E-state index is 0.291. The van der Waals surface area contributed by atoms with Crippen LogP contribution >= 0.6 is 11.8 Å². The van der Waals surface area contributed by atoms with Crippen molar-refractivity contribution in [2.75, 3.05) is 11.6 Å². The van der Waals surface area contributed by atoms with Crippen molar-refractivity contribution in [1.29, 1.82) is 5.26 Å². The Morgan fingerprint density at radius 1 is 1.56 bits per heavy atom. The number of rotatable bonds is 4. The van der Waals surface area contributed by atoms with E-state index in [0.29, 0.717) is 6.04 Å². The molecule has 4 nitrogen and oxygen atoms in total. The molecule has 0 spiro atoms. The second-order valence-electron chi connectivity index (χ2n) is 3.42. The van der Waals surface area contributed by atoms with Gasteiger partial charge < -0.3 is 5.32 Å². The largest absolute Gasteiger partial charge is 0.367 e. The third kappa shape index (κ3) is 3.55. The highest BCUT2D eigenvalue weighted by molar-refractivity contribution is 7.98. The number of anilines is 1. The lowest BCUT2D eigenvalue weighted by atomic mass is 10.2. The first kappa shape index (κ1) is 12.5. The molecule has 16 heavy (non-hydrogen) atoms. The van der Waals surface area contributed by atoms with Crippen LogP contribution in [0.4, 0.5) is 5.82 Å². The Kier molecular flexibility index (Phi) is 4.80. The van der Waals surface area contributed by atoms with Gasteiger partial charge in [0.25, 0.3) is 0 Å². The molecule has 0 bridgehead atoms. The summed E-state index contributed by atoms with van der Waals surface area (Å²) >= 11 is 1.49. The Labute approximate surface area is 99.8 Å². The molecule has 0 aliphatic heterocycles. The van der Waals surface area contributed by atoms with Gasteiger partial charge in [0.15, 0.2) is 5.16 Å². The van der Waals surface area contributed by atoms with E-state index in [0.717, 1.165) is 16.5 Å². The molecule has 0 atom stereocenters. The molecule has 0 aliphatic rings. The zero-order valence-electron chi connectivity index (χ0n) is 9.56. The highest BCUT2D eigenvalue weighted by Gasteiger charge is 2.05. The number of aromatic nitrogens is 2. The molecule has 1 aromatic heterocycles. The van der Waals surface area contributed by atoms with Gasteiger partial charge in [-0.2, -0.15) is 5.26 Å². The maximum atomic E-state index is 8.50. The Hall–Kier alpha value is -1.54. The molecule has 1 N–H and O–H groups in total. The van der Waals surface area contributed by atoms with Crippen LogP contribution in [-0.2, 0) is 0 Å². The Balaban J connectivity index is 3.06. The quantitative estimate of drug-likeness (QED) is 0.493. The predicted molar refractivity (Wildman–Crippen MR) is 67.2 cm³/mol. The highest BCUT2D eigenvalue weighted by atomic mass is 32.2. The van der Waals surface area contributed by atoms with E-state index in [9.17, 15) is 0 Å². The maximum absolute atomic E-state index is 8.50. The zero-order valence-corrected chi connectivity index (χ0v) is 10.4. The van der Waals surface area contributed by atoms with Crippen LogP contribution in [0.1, 0.15) is 19.4 Å². The van der Waals surface area contributed by atoms with E-state index >= 15 is 0 Å². The van der Waals surface area contributed by atoms with Gasteiger partial charge in [-0.25, -0.2) is 9.97 Å². The van der Waals surface area contributed by atoms with Crippen LogP contribution in [-0.4, -0.2) is 22.3 Å². The molecule has 1 heterocycles. The standard InChI is InChI=1S/C11H14N4S/c1-8(2)14-10-9(5-4-6-12)7-13-11(15-10)16-3/h4-5,7-8H,1-3H3,(H,13,14,15)/b5-4+. The van der Waals surface area contributed by atoms with Crippen LogP contribution < -0.4 is 5.32 Å². The molecule has 5 heteroatoms. The first-order chi connectivity index (χ1) is 7.67. The SMILES string of the molecule is CSc1ncc(/C=C/C#N)c(NC(C)C)n1. The fraction of sp³-hybridized carbons (Fsp3) is 0.364. The molecule has 0 saturated carbocycles. The van der Waals surface area contributed by atoms with Crippen molar-refractivity contribution in [3.8, 4) is 6.07 Å². The lowest BCUT2D eigenvalue weighted by Crippen LogP contribution is -2.12. The van der Waals surface area contributed by atoms with E-state index in [4.69, 9.17) is 5.26 Å². The van der Waals surface area contributed by atoms with Gasteiger partial charge >= 0.3 is 0 Å². The number of thioether (sulfide) groups is 1. The summed E-state index contributed by atoms with van der Waals surface area (Å²) in [4.78, 5) is 8.53. The van der Waals surface area contributed by atoms with E-state index in [1.165, 1.54) is 17.8 Å². The van der Waals surface area contributed by atoms with E-state index in [1.54, 1.807) is 12.3 Å². The molecule has 0 aromatic carbocycles. The Morgan fingerprint density at radius 3 is 2.88 bits per heavy atom. The van der Waals surface area contributed by atoms with Crippen molar-refractivity contribution in [2.24, 2.45) is 0 Å². The molecule has 0 radical (unpaired) electrons. The van der Waals surface area contributed by atoms with Gasteiger partial charge in [-0.05, 0) is 26.2 Å². The van der Waals surface area contributed by atoms with Crippen molar-refractivity contribution in [3.05, 3.63) is 17.8 Å². The van der Waals surface area contributed by atoms with Gasteiger partial charge in [-0.15, -0.1) is 0 Å². The summed E-state index contributed by atoms with van der Waals surface area (Å²) in [6.07, 6.45) is 6.77. The van der Waals surface area contributed by atoms with Crippen molar-refractivity contribution in [1.82, 2.24) is 9.97 Å². The van der Waals surface area contributed by atoms with Gasteiger partial charge in [0.1, 0.15) is 5.82 Å². The van der Waals surface area contributed by atoms with E-state index in [-0.39, 0.29) is 0 Å². The molecule has 0 aliphatic carbocycles. The average Bonchev–Trinajstić information content (AvgIpc) is 2.26. The topological polar surface area (TPSA) is 61.6 Å². The molecular formula is C11H14N4S. The molecule has 1 aromatic rings. The number of hydrogen-bond acceptors (Lipinski definition) is 5. The summed E-state index contributed by atoms with van der Waals surface area (Å²) in [6, 6.07) is 2.25. The van der Waals surface area contributed by atoms with Crippen molar-refractivity contribution >= 4 is 23.7 Å². The number of nitrogens with one attached hydrogen (secondary N) is 1. The van der Waals surface area contributed by atoms with Gasteiger partial charge in [0, 0.05) is 23.9 Å². The Morgan fingerprint density at radius 2 is 2.31 bits per heavy atom. The average molecular weight is 234 g/mol. The first-order valence-electron chi connectivity index (χ1n) is 4.91. The fourth-order valence-corrected chi connectivity index (χ4v) is 1.45. The van der Waals surface area contributed by atoms with Gasteiger partial charge in [0.05, 0.1) is 6.07 Å². The number of nitriles is 1. The maximum Gasteiger partial charge on any atom is 0.189 e. The zero-order chi connectivity index (χ0) is 12.0.